The molecule has 4 heteroatoms. The van der Waals surface area contributed by atoms with Crippen LogP contribution in [0.5, 0.6) is 0 Å². The van der Waals surface area contributed by atoms with Crippen molar-refractivity contribution in [2.75, 3.05) is 13.1 Å². The van der Waals surface area contributed by atoms with E-state index < -0.39 is 0 Å². The maximum Gasteiger partial charge on any atom is 0.325 e. The first kappa shape index (κ1) is 9.52. The molecule has 2 N–H and O–H groups in total. The molecule has 0 aromatic carbocycles. The van der Waals surface area contributed by atoms with Crippen molar-refractivity contribution in [3.63, 3.8) is 0 Å². The minimum absolute atomic E-state index is 0.0129. The Morgan fingerprint density at radius 2 is 2.21 bits per heavy atom. The zero-order valence-electron chi connectivity index (χ0n) is 8.33. The summed E-state index contributed by atoms with van der Waals surface area (Å²) in [6, 6.07) is 0. The Bertz CT molecular complexity index is 322. The van der Waals surface area contributed by atoms with Crippen LogP contribution in [0.1, 0.15) is 19.3 Å². The number of aryl methyl sites for hydroxylation is 1. The average molecular weight is 195 g/mol. The molecule has 0 unspecified atom stereocenters. The molecule has 1 aromatic rings. The van der Waals surface area contributed by atoms with Crippen LogP contribution in [0.25, 0.3) is 0 Å². The first-order chi connectivity index (χ1) is 6.86. The molecule has 0 aliphatic carbocycles. The summed E-state index contributed by atoms with van der Waals surface area (Å²) in [4.78, 5) is 13.8. The summed E-state index contributed by atoms with van der Waals surface area (Å²) in [7, 11) is 0. The molecule has 2 heterocycles. The first-order valence-electron chi connectivity index (χ1n) is 5.31. The number of H-pyrrole nitrogens is 1. The van der Waals surface area contributed by atoms with Gasteiger partial charge in [0.25, 0.3) is 0 Å². The Kier molecular flexibility index (Phi) is 3.03. The van der Waals surface area contributed by atoms with Gasteiger partial charge in [-0.25, -0.2) is 4.79 Å². The van der Waals surface area contributed by atoms with Gasteiger partial charge in [0.1, 0.15) is 0 Å². The highest BCUT2D eigenvalue weighted by Gasteiger charge is 2.12. The topological polar surface area (TPSA) is 49.8 Å². The van der Waals surface area contributed by atoms with Crippen LogP contribution < -0.4 is 11.0 Å². The molecule has 14 heavy (non-hydrogen) atoms. The molecule has 78 valence electrons. The van der Waals surface area contributed by atoms with Crippen LogP contribution in [0.15, 0.2) is 17.2 Å². The van der Waals surface area contributed by atoms with Crippen LogP contribution in [0.2, 0.25) is 0 Å². The molecule has 4 nitrogen and oxygen atoms in total. The molecular formula is C10H17N3O. The number of hydrogen-bond donors (Lipinski definition) is 2. The maximum absolute atomic E-state index is 11.2. The smallest absolute Gasteiger partial charge is 0.317 e. The predicted octanol–water partition coefficient (Wildman–Crippen LogP) is 0.566. The predicted molar refractivity (Wildman–Crippen MR) is 55.3 cm³/mol. The van der Waals surface area contributed by atoms with Gasteiger partial charge in [-0.3, -0.25) is 4.57 Å². The van der Waals surface area contributed by atoms with Gasteiger partial charge >= 0.3 is 5.69 Å². The molecule has 2 rings (SSSR count). The number of hydrogen-bond acceptors (Lipinski definition) is 2. The normalized spacial score (nSPS) is 18.6. The average Bonchev–Trinajstić information content (AvgIpc) is 2.63. The number of nitrogens with zero attached hydrogens (tertiary/aromatic N) is 1. The lowest BCUT2D eigenvalue weighted by molar-refractivity contribution is 0.336. The van der Waals surface area contributed by atoms with Gasteiger partial charge in [-0.1, -0.05) is 0 Å². The number of imidazole rings is 1. The Balaban J connectivity index is 1.82. The van der Waals surface area contributed by atoms with Gasteiger partial charge in [-0.05, 0) is 38.3 Å². The van der Waals surface area contributed by atoms with Gasteiger partial charge in [0, 0.05) is 18.9 Å². The fourth-order valence-corrected chi connectivity index (χ4v) is 2.02. The van der Waals surface area contributed by atoms with Crippen molar-refractivity contribution in [2.45, 2.75) is 25.8 Å². The second-order valence-electron chi connectivity index (χ2n) is 3.94. The number of nitrogens with one attached hydrogen (secondary N) is 2. The van der Waals surface area contributed by atoms with E-state index in [1.165, 1.54) is 12.8 Å². The van der Waals surface area contributed by atoms with Gasteiger partial charge in [0.2, 0.25) is 0 Å². The molecule has 1 aromatic heterocycles. The lowest BCUT2D eigenvalue weighted by Gasteiger charge is -2.22. The van der Waals surface area contributed by atoms with Gasteiger partial charge in [0.05, 0.1) is 0 Å². The van der Waals surface area contributed by atoms with Crippen molar-refractivity contribution < 1.29 is 0 Å². The van der Waals surface area contributed by atoms with E-state index in [4.69, 9.17) is 0 Å². The first-order valence-corrected chi connectivity index (χ1v) is 5.31. The standard InChI is InChI=1S/C10H17N3O/c14-10-12-6-8-13(10)7-3-9-1-4-11-5-2-9/h6,8-9,11H,1-5,7H2,(H,12,14). The lowest BCUT2D eigenvalue weighted by atomic mass is 9.95. The molecule has 1 fully saturated rings. The van der Waals surface area contributed by atoms with E-state index in [1.54, 1.807) is 10.8 Å². The van der Waals surface area contributed by atoms with Crippen LogP contribution >= 0.6 is 0 Å². The molecule has 0 saturated carbocycles. The van der Waals surface area contributed by atoms with E-state index in [0.29, 0.717) is 0 Å². The number of aromatic nitrogens is 2. The Labute approximate surface area is 83.3 Å². The molecule has 0 atom stereocenters. The number of rotatable bonds is 3. The monoisotopic (exact) mass is 195 g/mol. The van der Waals surface area contributed by atoms with E-state index in [0.717, 1.165) is 32.0 Å². The quantitative estimate of drug-likeness (QED) is 0.740. The van der Waals surface area contributed by atoms with Crippen molar-refractivity contribution >= 4 is 0 Å². The van der Waals surface area contributed by atoms with Crippen LogP contribution in [0.3, 0.4) is 0 Å². The molecule has 0 spiro atoms. The lowest BCUT2D eigenvalue weighted by Crippen LogP contribution is -2.29. The van der Waals surface area contributed by atoms with Crippen LogP contribution in [-0.2, 0) is 6.54 Å². The summed E-state index contributed by atoms with van der Waals surface area (Å²) in [5, 5.41) is 3.34. The molecular weight excluding hydrogens is 178 g/mol. The van der Waals surface area contributed by atoms with Gasteiger partial charge in [-0.2, -0.15) is 0 Å². The summed E-state index contributed by atoms with van der Waals surface area (Å²) in [6.07, 6.45) is 7.14. The fraction of sp³-hybridized carbons (Fsp3) is 0.700. The SMILES string of the molecule is O=c1[nH]ccn1CCC1CCNCC1. The minimum Gasteiger partial charge on any atom is -0.317 e. The third-order valence-corrected chi connectivity index (χ3v) is 2.96. The van der Waals surface area contributed by atoms with Crippen molar-refractivity contribution in [2.24, 2.45) is 5.92 Å². The van der Waals surface area contributed by atoms with E-state index in [1.807, 2.05) is 6.20 Å². The Morgan fingerprint density at radius 3 is 2.86 bits per heavy atom. The van der Waals surface area contributed by atoms with Crippen molar-refractivity contribution in [1.29, 1.82) is 0 Å². The van der Waals surface area contributed by atoms with Crippen molar-refractivity contribution in [3.8, 4) is 0 Å². The van der Waals surface area contributed by atoms with Crippen LogP contribution in [0, 0.1) is 5.92 Å². The minimum atomic E-state index is 0.0129. The highest BCUT2D eigenvalue weighted by atomic mass is 16.1. The summed E-state index contributed by atoms with van der Waals surface area (Å²) < 4.78 is 1.75. The molecule has 0 bridgehead atoms. The second kappa shape index (κ2) is 4.46. The van der Waals surface area contributed by atoms with E-state index in [2.05, 4.69) is 10.3 Å². The highest BCUT2D eigenvalue weighted by Crippen LogP contribution is 2.15. The molecule has 0 radical (unpaired) electrons. The van der Waals surface area contributed by atoms with Crippen LogP contribution in [0.4, 0.5) is 0 Å². The zero-order valence-corrected chi connectivity index (χ0v) is 8.33. The third-order valence-electron chi connectivity index (χ3n) is 2.96. The Morgan fingerprint density at radius 1 is 1.43 bits per heavy atom. The van der Waals surface area contributed by atoms with Gasteiger partial charge in [-0.15, -0.1) is 0 Å². The maximum atomic E-state index is 11.2. The zero-order chi connectivity index (χ0) is 9.80. The molecule has 1 aliphatic heterocycles. The van der Waals surface area contributed by atoms with E-state index in [9.17, 15) is 4.79 Å². The molecule has 1 saturated heterocycles. The van der Waals surface area contributed by atoms with Crippen LogP contribution in [-0.4, -0.2) is 22.6 Å². The molecule has 0 amide bonds. The van der Waals surface area contributed by atoms with E-state index in [-0.39, 0.29) is 5.69 Å². The number of piperidine rings is 1. The fourth-order valence-electron chi connectivity index (χ4n) is 2.02. The van der Waals surface area contributed by atoms with Crippen molar-refractivity contribution in [3.05, 3.63) is 22.9 Å². The Hall–Kier alpha value is -1.03. The highest BCUT2D eigenvalue weighted by molar-refractivity contribution is 4.77. The van der Waals surface area contributed by atoms with E-state index >= 15 is 0 Å². The van der Waals surface area contributed by atoms with Crippen molar-refractivity contribution in [1.82, 2.24) is 14.9 Å². The summed E-state index contributed by atoms with van der Waals surface area (Å²) in [5.41, 5.74) is 0.0129. The summed E-state index contributed by atoms with van der Waals surface area (Å²) in [6.45, 7) is 3.12. The van der Waals surface area contributed by atoms with Gasteiger partial charge < -0.3 is 10.3 Å². The summed E-state index contributed by atoms with van der Waals surface area (Å²) in [5.74, 6) is 0.790. The molecule has 1 aliphatic rings. The largest absolute Gasteiger partial charge is 0.325 e. The third kappa shape index (κ3) is 2.26. The van der Waals surface area contributed by atoms with Gasteiger partial charge in [0.15, 0.2) is 0 Å². The number of aromatic amines is 1. The second-order valence-corrected chi connectivity index (χ2v) is 3.94. The summed E-state index contributed by atoms with van der Waals surface area (Å²) >= 11 is 0.